The van der Waals surface area contributed by atoms with E-state index in [4.69, 9.17) is 4.74 Å². The fourth-order valence-corrected chi connectivity index (χ4v) is 2.97. The van der Waals surface area contributed by atoms with E-state index in [0.29, 0.717) is 10.9 Å². The number of amides is 1. The topological polar surface area (TPSA) is 79.5 Å². The lowest BCUT2D eigenvalue weighted by Crippen LogP contribution is -2.46. The molecule has 0 radical (unpaired) electrons. The lowest BCUT2D eigenvalue weighted by Gasteiger charge is -2.33. The average molecular weight is 358 g/mol. The van der Waals surface area contributed by atoms with Crippen LogP contribution < -0.4 is 5.56 Å². The Labute approximate surface area is 153 Å². The predicted octanol–water partition coefficient (Wildman–Crippen LogP) is 3.11. The van der Waals surface area contributed by atoms with Crippen molar-refractivity contribution >= 4 is 22.8 Å². The van der Waals surface area contributed by atoms with E-state index in [1.165, 1.54) is 6.07 Å². The maximum Gasteiger partial charge on any atom is 0.339 e. The molecular weight excluding hydrogens is 332 g/mol. The van der Waals surface area contributed by atoms with Crippen LogP contribution >= 0.6 is 0 Å². The molecule has 1 aromatic carbocycles. The highest BCUT2D eigenvalue weighted by molar-refractivity contribution is 6.03. The molecular formula is C20H26N2O4. The molecule has 140 valence electrons. The fraction of sp³-hybridized carbons (Fsp3) is 0.450. The third kappa shape index (κ3) is 4.31. The predicted molar refractivity (Wildman–Crippen MR) is 101 cm³/mol. The van der Waals surface area contributed by atoms with Crippen LogP contribution in [0.1, 0.15) is 50.9 Å². The van der Waals surface area contributed by atoms with Crippen molar-refractivity contribution < 1.29 is 14.3 Å². The first kappa shape index (κ1) is 19.7. The zero-order chi connectivity index (χ0) is 19.3. The number of fused-ring (bicyclic) bond motifs is 1. The van der Waals surface area contributed by atoms with Gasteiger partial charge in [0.05, 0.1) is 5.56 Å². The van der Waals surface area contributed by atoms with Crippen LogP contribution in [-0.2, 0) is 9.53 Å². The Balaban J connectivity index is 2.18. The number of pyridine rings is 1. The fourth-order valence-electron chi connectivity index (χ4n) is 2.97. The molecule has 0 aliphatic rings. The SMILES string of the molecule is CC[C@@H](C)N(C(=O)COC(=O)c1cc(=O)[nH]c2ccccc12)[C@H](C)CC. The molecule has 0 bridgehead atoms. The largest absolute Gasteiger partial charge is 0.452 e. The molecule has 26 heavy (non-hydrogen) atoms. The summed E-state index contributed by atoms with van der Waals surface area (Å²) in [6.07, 6.45) is 1.64. The van der Waals surface area contributed by atoms with E-state index in [-0.39, 0.29) is 35.7 Å². The minimum atomic E-state index is -0.672. The number of aromatic nitrogens is 1. The zero-order valence-corrected chi connectivity index (χ0v) is 15.7. The van der Waals surface area contributed by atoms with E-state index >= 15 is 0 Å². The van der Waals surface area contributed by atoms with Crippen molar-refractivity contribution in [3.05, 3.63) is 46.2 Å². The van der Waals surface area contributed by atoms with Crippen molar-refractivity contribution in [2.75, 3.05) is 6.61 Å². The van der Waals surface area contributed by atoms with Gasteiger partial charge in [0.2, 0.25) is 5.56 Å². The van der Waals surface area contributed by atoms with E-state index in [0.717, 1.165) is 12.8 Å². The smallest absolute Gasteiger partial charge is 0.339 e. The lowest BCUT2D eigenvalue weighted by molar-refractivity contribution is -0.139. The summed E-state index contributed by atoms with van der Waals surface area (Å²) in [5.41, 5.74) is 0.331. The van der Waals surface area contributed by atoms with Crippen LogP contribution in [0.4, 0.5) is 0 Å². The maximum absolute atomic E-state index is 12.6. The first-order valence-corrected chi connectivity index (χ1v) is 8.99. The Morgan fingerprint density at radius 2 is 1.73 bits per heavy atom. The minimum absolute atomic E-state index is 0.0663. The number of nitrogens with zero attached hydrogens (tertiary/aromatic N) is 1. The second kappa shape index (κ2) is 8.65. The molecule has 2 aromatic rings. The molecule has 0 aliphatic heterocycles. The van der Waals surface area contributed by atoms with Crippen LogP contribution in [0.5, 0.6) is 0 Å². The average Bonchev–Trinajstić information content (AvgIpc) is 2.64. The van der Waals surface area contributed by atoms with Crippen LogP contribution in [0.3, 0.4) is 0 Å². The molecule has 6 nitrogen and oxygen atoms in total. The number of rotatable bonds is 7. The number of carbonyl (C=O) groups excluding carboxylic acids is 2. The Hall–Kier alpha value is -2.63. The number of hydrogen-bond donors (Lipinski definition) is 1. The molecule has 0 spiro atoms. The molecule has 1 aromatic heterocycles. The third-order valence-electron chi connectivity index (χ3n) is 4.72. The van der Waals surface area contributed by atoms with E-state index in [1.807, 2.05) is 27.7 Å². The molecule has 2 rings (SSSR count). The second-order valence-corrected chi connectivity index (χ2v) is 6.48. The Kier molecular flexibility index (Phi) is 6.55. The molecule has 2 atom stereocenters. The number of aromatic amines is 1. The van der Waals surface area contributed by atoms with Gasteiger partial charge in [-0.3, -0.25) is 9.59 Å². The Bertz CT molecular complexity index is 833. The molecule has 1 heterocycles. The Morgan fingerprint density at radius 3 is 2.35 bits per heavy atom. The summed E-state index contributed by atoms with van der Waals surface area (Å²) in [7, 11) is 0. The molecule has 0 saturated heterocycles. The number of para-hydroxylation sites is 1. The molecule has 0 fully saturated rings. The number of esters is 1. The van der Waals surface area contributed by atoms with Crippen LogP contribution in [0.25, 0.3) is 10.9 Å². The minimum Gasteiger partial charge on any atom is -0.452 e. The van der Waals surface area contributed by atoms with Crippen LogP contribution in [0, 0.1) is 0 Å². The van der Waals surface area contributed by atoms with Gasteiger partial charge in [0.15, 0.2) is 6.61 Å². The van der Waals surface area contributed by atoms with Crippen molar-refractivity contribution in [2.45, 2.75) is 52.6 Å². The van der Waals surface area contributed by atoms with Gasteiger partial charge in [0.25, 0.3) is 5.91 Å². The molecule has 1 N–H and O–H groups in total. The van der Waals surface area contributed by atoms with E-state index in [1.54, 1.807) is 29.2 Å². The summed E-state index contributed by atoms with van der Waals surface area (Å²) in [5, 5.41) is 0.588. The highest BCUT2D eigenvalue weighted by Crippen LogP contribution is 2.16. The van der Waals surface area contributed by atoms with Gasteiger partial charge < -0.3 is 14.6 Å². The molecule has 0 aliphatic carbocycles. The van der Waals surface area contributed by atoms with Crippen LogP contribution in [0.2, 0.25) is 0 Å². The van der Waals surface area contributed by atoms with Gasteiger partial charge in [0.1, 0.15) is 0 Å². The van der Waals surface area contributed by atoms with Crippen LogP contribution in [-0.4, -0.2) is 40.5 Å². The van der Waals surface area contributed by atoms with Crippen molar-refractivity contribution in [3.63, 3.8) is 0 Å². The monoisotopic (exact) mass is 358 g/mol. The first-order chi connectivity index (χ1) is 12.4. The van der Waals surface area contributed by atoms with Crippen molar-refractivity contribution in [1.82, 2.24) is 9.88 Å². The lowest BCUT2D eigenvalue weighted by atomic mass is 10.1. The highest BCUT2D eigenvalue weighted by atomic mass is 16.5. The normalized spacial score (nSPS) is 13.2. The number of benzene rings is 1. The summed E-state index contributed by atoms with van der Waals surface area (Å²) < 4.78 is 5.24. The van der Waals surface area contributed by atoms with Gasteiger partial charge in [0, 0.05) is 29.1 Å². The van der Waals surface area contributed by atoms with Crippen molar-refractivity contribution in [1.29, 1.82) is 0 Å². The van der Waals surface area contributed by atoms with E-state index in [9.17, 15) is 14.4 Å². The summed E-state index contributed by atoms with van der Waals surface area (Å²) in [5.74, 6) is -0.898. The molecule has 0 unspecified atom stereocenters. The molecule has 1 amide bonds. The summed E-state index contributed by atoms with van der Waals surface area (Å²) in [6, 6.07) is 8.33. The summed E-state index contributed by atoms with van der Waals surface area (Å²) in [6.45, 7) is 7.66. The van der Waals surface area contributed by atoms with Crippen molar-refractivity contribution in [2.24, 2.45) is 0 Å². The van der Waals surface area contributed by atoms with Gasteiger partial charge in [-0.2, -0.15) is 0 Å². The van der Waals surface area contributed by atoms with Gasteiger partial charge >= 0.3 is 5.97 Å². The van der Waals surface area contributed by atoms with Gasteiger partial charge in [-0.05, 0) is 32.8 Å². The molecule has 6 heteroatoms. The Morgan fingerprint density at radius 1 is 1.12 bits per heavy atom. The first-order valence-electron chi connectivity index (χ1n) is 8.99. The summed E-state index contributed by atoms with van der Waals surface area (Å²) in [4.78, 5) is 41.3. The number of H-pyrrole nitrogens is 1. The van der Waals surface area contributed by atoms with Crippen molar-refractivity contribution in [3.8, 4) is 0 Å². The van der Waals surface area contributed by atoms with Gasteiger partial charge in [-0.1, -0.05) is 32.0 Å². The molecule has 0 saturated carbocycles. The highest BCUT2D eigenvalue weighted by Gasteiger charge is 2.25. The van der Waals surface area contributed by atoms with Crippen LogP contribution in [0.15, 0.2) is 35.1 Å². The maximum atomic E-state index is 12.6. The van der Waals surface area contributed by atoms with E-state index < -0.39 is 5.97 Å². The number of nitrogens with one attached hydrogen (secondary N) is 1. The quantitative estimate of drug-likeness (QED) is 0.771. The van der Waals surface area contributed by atoms with Gasteiger partial charge in [-0.15, -0.1) is 0 Å². The third-order valence-corrected chi connectivity index (χ3v) is 4.72. The number of ether oxygens (including phenoxy) is 1. The van der Waals surface area contributed by atoms with Gasteiger partial charge in [-0.25, -0.2) is 4.79 Å². The zero-order valence-electron chi connectivity index (χ0n) is 15.7. The summed E-state index contributed by atoms with van der Waals surface area (Å²) >= 11 is 0. The standard InChI is InChI=1S/C20H26N2O4/c1-5-13(3)22(14(4)6-2)19(24)12-26-20(25)16-11-18(23)21-17-10-8-7-9-15(16)17/h7-11,13-14H,5-6,12H2,1-4H3,(H,21,23)/t13-,14-/m1/s1. The number of hydrogen-bond acceptors (Lipinski definition) is 4. The number of carbonyl (C=O) groups is 2. The van der Waals surface area contributed by atoms with E-state index in [2.05, 4.69) is 4.98 Å². The second-order valence-electron chi connectivity index (χ2n) is 6.48.